The highest BCUT2D eigenvalue weighted by molar-refractivity contribution is 7.92. The van der Waals surface area contributed by atoms with E-state index in [0.29, 0.717) is 16.5 Å². The number of benzene rings is 3. The summed E-state index contributed by atoms with van der Waals surface area (Å²) in [6.07, 6.45) is 0. The first-order chi connectivity index (χ1) is 15.6. The molecule has 3 aromatic carbocycles. The summed E-state index contributed by atoms with van der Waals surface area (Å²) in [6.45, 7) is 6.00. The molecule has 0 spiro atoms. The third-order valence-corrected chi connectivity index (χ3v) is 7.17. The summed E-state index contributed by atoms with van der Waals surface area (Å²) < 4.78 is 34.1. The van der Waals surface area contributed by atoms with Gasteiger partial charge in [-0.1, -0.05) is 41.4 Å². The molecule has 0 fully saturated rings. The van der Waals surface area contributed by atoms with Gasteiger partial charge in [0.15, 0.2) is 0 Å². The molecule has 33 heavy (non-hydrogen) atoms. The van der Waals surface area contributed by atoms with Gasteiger partial charge >= 0.3 is 0 Å². The number of nitrogens with one attached hydrogen (secondary N) is 2. The summed E-state index contributed by atoms with van der Waals surface area (Å²) in [6, 6.07) is 14.9. The van der Waals surface area contributed by atoms with Crippen LogP contribution in [0.2, 0.25) is 10.0 Å². The molecular formula is C24H24Cl2N2O4S. The van der Waals surface area contributed by atoms with E-state index in [2.05, 4.69) is 10.0 Å². The van der Waals surface area contributed by atoms with Crippen LogP contribution in [0.4, 0.5) is 5.69 Å². The number of hydrogen-bond donors (Lipinski definition) is 2. The normalized spacial score (nSPS) is 11.2. The predicted octanol–water partition coefficient (Wildman–Crippen LogP) is 5.53. The second-order valence-electron chi connectivity index (χ2n) is 7.58. The largest absolute Gasteiger partial charge is 0.492 e. The van der Waals surface area contributed by atoms with E-state index in [1.54, 1.807) is 25.1 Å². The van der Waals surface area contributed by atoms with Crippen LogP contribution in [0.5, 0.6) is 5.75 Å². The highest BCUT2D eigenvalue weighted by Crippen LogP contribution is 2.27. The van der Waals surface area contributed by atoms with Gasteiger partial charge in [-0.3, -0.25) is 9.52 Å². The van der Waals surface area contributed by atoms with Gasteiger partial charge in [-0.2, -0.15) is 0 Å². The van der Waals surface area contributed by atoms with Crippen LogP contribution < -0.4 is 14.8 Å². The average Bonchev–Trinajstić information content (AvgIpc) is 2.76. The molecule has 6 nitrogen and oxygen atoms in total. The summed E-state index contributed by atoms with van der Waals surface area (Å²) in [7, 11) is -4.01. The van der Waals surface area contributed by atoms with Gasteiger partial charge in [0.25, 0.3) is 15.9 Å². The summed E-state index contributed by atoms with van der Waals surface area (Å²) >= 11 is 12.2. The Hall–Kier alpha value is -2.74. The van der Waals surface area contributed by atoms with Gasteiger partial charge in [0.2, 0.25) is 0 Å². The zero-order valence-electron chi connectivity index (χ0n) is 18.4. The number of carbonyl (C=O) groups is 1. The Bertz CT molecular complexity index is 1290. The molecule has 9 heteroatoms. The molecule has 3 rings (SSSR count). The second-order valence-corrected chi connectivity index (χ2v) is 10.0. The number of sulfonamides is 1. The maximum atomic E-state index is 13.0. The molecule has 0 aliphatic heterocycles. The molecule has 0 aliphatic rings. The molecule has 0 radical (unpaired) electrons. The fourth-order valence-electron chi connectivity index (χ4n) is 2.99. The minimum Gasteiger partial charge on any atom is -0.492 e. The van der Waals surface area contributed by atoms with Crippen LogP contribution in [0, 0.1) is 20.8 Å². The van der Waals surface area contributed by atoms with E-state index < -0.39 is 15.9 Å². The van der Waals surface area contributed by atoms with Crippen molar-refractivity contribution in [1.29, 1.82) is 0 Å². The first kappa shape index (κ1) is 24.9. The lowest BCUT2D eigenvalue weighted by molar-refractivity contribution is 0.0947. The summed E-state index contributed by atoms with van der Waals surface area (Å²) in [5.74, 6) is 0.151. The Morgan fingerprint density at radius 1 is 0.909 bits per heavy atom. The van der Waals surface area contributed by atoms with Crippen LogP contribution in [-0.2, 0) is 10.0 Å². The Kier molecular flexibility index (Phi) is 7.89. The third-order valence-electron chi connectivity index (χ3n) is 4.92. The number of carbonyl (C=O) groups excluding carboxylic acids is 1. The van der Waals surface area contributed by atoms with Crippen LogP contribution in [0.3, 0.4) is 0 Å². The Balaban J connectivity index is 1.67. The lowest BCUT2D eigenvalue weighted by Crippen LogP contribution is -2.28. The van der Waals surface area contributed by atoms with Crippen molar-refractivity contribution in [2.24, 2.45) is 0 Å². The number of ether oxygens (including phenoxy) is 1. The topological polar surface area (TPSA) is 84.5 Å². The number of anilines is 1. The summed E-state index contributed by atoms with van der Waals surface area (Å²) in [5, 5.41) is 3.32. The minimum absolute atomic E-state index is 0.0175. The van der Waals surface area contributed by atoms with E-state index in [9.17, 15) is 13.2 Å². The predicted molar refractivity (Wildman–Crippen MR) is 132 cm³/mol. The molecule has 1 amide bonds. The zero-order chi connectivity index (χ0) is 24.2. The summed E-state index contributed by atoms with van der Waals surface area (Å²) in [4.78, 5) is 12.4. The molecule has 0 aliphatic carbocycles. The quantitative estimate of drug-likeness (QED) is 0.393. The minimum atomic E-state index is -4.01. The van der Waals surface area contributed by atoms with Crippen LogP contribution in [0.1, 0.15) is 27.0 Å². The fourth-order valence-corrected chi connectivity index (χ4v) is 4.81. The number of rotatable bonds is 8. The molecule has 0 saturated carbocycles. The zero-order valence-corrected chi connectivity index (χ0v) is 20.7. The lowest BCUT2D eigenvalue weighted by atomic mass is 10.1. The van der Waals surface area contributed by atoms with Crippen molar-refractivity contribution in [2.75, 3.05) is 17.9 Å². The van der Waals surface area contributed by atoms with Gasteiger partial charge in [-0.05, 0) is 73.9 Å². The van der Waals surface area contributed by atoms with Gasteiger partial charge in [-0.15, -0.1) is 0 Å². The molecule has 2 N–H and O–H groups in total. The number of aryl methyl sites for hydroxylation is 3. The number of amides is 1. The van der Waals surface area contributed by atoms with E-state index in [4.69, 9.17) is 27.9 Å². The number of halogens is 2. The van der Waals surface area contributed by atoms with Gasteiger partial charge < -0.3 is 10.1 Å². The van der Waals surface area contributed by atoms with Crippen LogP contribution in [0.15, 0.2) is 59.5 Å². The first-order valence-corrected chi connectivity index (χ1v) is 12.4. The lowest BCUT2D eigenvalue weighted by Gasteiger charge is -2.13. The highest BCUT2D eigenvalue weighted by atomic mass is 35.5. The van der Waals surface area contributed by atoms with Crippen LogP contribution in [-0.4, -0.2) is 27.5 Å². The van der Waals surface area contributed by atoms with Gasteiger partial charge in [0.1, 0.15) is 17.3 Å². The fraction of sp³-hybridized carbons (Fsp3) is 0.208. The Morgan fingerprint density at radius 2 is 1.64 bits per heavy atom. The second kappa shape index (κ2) is 10.5. The SMILES string of the molecule is Cc1ccc(C)c(NS(=O)(=O)c2cc(C(=O)NCCOc3ccc(C)c(Cl)c3)ccc2Cl)c1. The van der Waals surface area contributed by atoms with Gasteiger partial charge in [-0.25, -0.2) is 8.42 Å². The smallest absolute Gasteiger partial charge is 0.263 e. The standard InChI is InChI=1S/C24H24Cl2N2O4S/c1-15-4-5-17(3)22(12-15)28-33(30,31)23-13-18(7-9-20(23)25)24(29)27-10-11-32-19-8-6-16(2)21(26)14-19/h4-9,12-14,28H,10-11H2,1-3H3,(H,27,29). The van der Waals surface area contributed by atoms with Gasteiger partial charge in [0.05, 0.1) is 17.3 Å². The molecule has 3 aromatic rings. The molecule has 0 bridgehead atoms. The van der Waals surface area contributed by atoms with Crippen molar-refractivity contribution in [3.63, 3.8) is 0 Å². The molecule has 174 valence electrons. The van der Waals surface area contributed by atoms with Crippen molar-refractivity contribution in [3.05, 3.63) is 86.9 Å². The van der Waals surface area contributed by atoms with E-state index in [1.165, 1.54) is 18.2 Å². The van der Waals surface area contributed by atoms with Crippen molar-refractivity contribution in [3.8, 4) is 5.75 Å². The maximum Gasteiger partial charge on any atom is 0.263 e. The first-order valence-electron chi connectivity index (χ1n) is 10.1. The van der Waals surface area contributed by atoms with Crippen LogP contribution >= 0.6 is 23.2 Å². The van der Waals surface area contributed by atoms with E-state index in [1.807, 2.05) is 32.0 Å². The molecule has 0 atom stereocenters. The third kappa shape index (κ3) is 6.41. The highest BCUT2D eigenvalue weighted by Gasteiger charge is 2.21. The molecular weight excluding hydrogens is 483 g/mol. The maximum absolute atomic E-state index is 13.0. The molecule has 0 saturated heterocycles. The molecule has 0 unspecified atom stereocenters. The van der Waals surface area contributed by atoms with Crippen molar-refractivity contribution < 1.29 is 17.9 Å². The van der Waals surface area contributed by atoms with E-state index >= 15 is 0 Å². The van der Waals surface area contributed by atoms with Crippen LogP contribution in [0.25, 0.3) is 0 Å². The van der Waals surface area contributed by atoms with Crippen molar-refractivity contribution >= 4 is 44.8 Å². The summed E-state index contributed by atoms with van der Waals surface area (Å²) in [5.41, 5.74) is 3.24. The monoisotopic (exact) mass is 506 g/mol. The van der Waals surface area contributed by atoms with Gasteiger partial charge in [0, 0.05) is 10.6 Å². The average molecular weight is 507 g/mol. The Morgan fingerprint density at radius 3 is 2.36 bits per heavy atom. The van der Waals surface area contributed by atoms with E-state index in [-0.39, 0.29) is 28.6 Å². The Labute approximate surface area is 203 Å². The molecule has 0 aromatic heterocycles. The van der Waals surface area contributed by atoms with Crippen molar-refractivity contribution in [2.45, 2.75) is 25.7 Å². The molecule has 0 heterocycles. The number of hydrogen-bond acceptors (Lipinski definition) is 4. The van der Waals surface area contributed by atoms with E-state index in [0.717, 1.165) is 16.7 Å². The van der Waals surface area contributed by atoms with Crippen molar-refractivity contribution in [1.82, 2.24) is 5.32 Å².